The van der Waals surface area contributed by atoms with Crippen molar-refractivity contribution in [2.75, 3.05) is 6.26 Å². The van der Waals surface area contributed by atoms with Gasteiger partial charge in [0, 0.05) is 6.26 Å². The maximum atomic E-state index is 12.2. The summed E-state index contributed by atoms with van der Waals surface area (Å²) >= 11 is 1.16. The van der Waals surface area contributed by atoms with Crippen LogP contribution in [0.5, 0.6) is 0 Å². The van der Waals surface area contributed by atoms with E-state index < -0.39 is 9.84 Å². The number of rotatable bonds is 3. The van der Waals surface area contributed by atoms with Gasteiger partial charge in [-0.15, -0.1) is 15.3 Å². The fourth-order valence-corrected chi connectivity index (χ4v) is 3.99. The summed E-state index contributed by atoms with van der Waals surface area (Å²) in [5.41, 5.74) is 1.35. The first-order chi connectivity index (χ1) is 11.9. The molecule has 9 heteroatoms. The predicted molar refractivity (Wildman–Crippen MR) is 95.6 cm³/mol. The summed E-state index contributed by atoms with van der Waals surface area (Å²) in [5.74, 6) is 0.420. The van der Waals surface area contributed by atoms with Crippen molar-refractivity contribution in [1.29, 1.82) is 0 Å². The Balaban J connectivity index is 2.04. The summed E-state index contributed by atoms with van der Waals surface area (Å²) < 4.78 is 29.9. The minimum absolute atomic E-state index is 0.106. The summed E-state index contributed by atoms with van der Waals surface area (Å²) in [5, 5.41) is 14.0. The van der Waals surface area contributed by atoms with E-state index in [-0.39, 0.29) is 5.16 Å². The maximum Gasteiger partial charge on any atom is 0.254 e. The highest BCUT2D eigenvalue weighted by Crippen LogP contribution is 2.30. The van der Waals surface area contributed by atoms with Gasteiger partial charge in [-0.25, -0.2) is 8.42 Å². The lowest BCUT2D eigenvalue weighted by Crippen LogP contribution is -2.08. The highest BCUT2D eigenvalue weighted by Gasteiger charge is 2.25. The Hall–Kier alpha value is -2.65. The Kier molecular flexibility index (Phi) is 3.62. The molecule has 0 aliphatic carbocycles. The molecular formula is C16H13N5O2S2. The van der Waals surface area contributed by atoms with Crippen molar-refractivity contribution in [2.45, 2.75) is 12.1 Å². The normalized spacial score (nSPS) is 11.9. The number of sulfone groups is 1. The first-order valence-corrected chi connectivity index (χ1v) is 10.1. The van der Waals surface area contributed by atoms with E-state index in [1.54, 1.807) is 11.5 Å². The molecule has 4 aromatic rings. The minimum atomic E-state index is -3.56. The molecule has 0 N–H and O–H groups in total. The molecule has 7 nitrogen and oxygen atoms in total. The van der Waals surface area contributed by atoms with Gasteiger partial charge in [0.25, 0.3) is 5.16 Å². The number of aromatic nitrogens is 5. The molecule has 0 bridgehead atoms. The lowest BCUT2D eigenvalue weighted by Gasteiger charge is -2.10. The largest absolute Gasteiger partial charge is 0.265 e. The zero-order valence-corrected chi connectivity index (χ0v) is 15.0. The van der Waals surface area contributed by atoms with Gasteiger partial charge in [-0.3, -0.25) is 4.57 Å². The van der Waals surface area contributed by atoms with Crippen molar-refractivity contribution < 1.29 is 8.42 Å². The van der Waals surface area contributed by atoms with E-state index in [2.05, 4.69) is 19.8 Å². The van der Waals surface area contributed by atoms with Crippen LogP contribution in [0.1, 0.15) is 5.69 Å². The predicted octanol–water partition coefficient (Wildman–Crippen LogP) is 2.65. The highest BCUT2D eigenvalue weighted by molar-refractivity contribution is 7.90. The van der Waals surface area contributed by atoms with E-state index in [4.69, 9.17) is 0 Å². The van der Waals surface area contributed by atoms with Crippen LogP contribution >= 0.6 is 11.5 Å². The van der Waals surface area contributed by atoms with Gasteiger partial charge in [-0.05, 0) is 41.4 Å². The van der Waals surface area contributed by atoms with Gasteiger partial charge < -0.3 is 0 Å². The smallest absolute Gasteiger partial charge is 0.254 e. The third-order valence-corrected chi connectivity index (χ3v) is 5.56. The van der Waals surface area contributed by atoms with Crippen molar-refractivity contribution in [3.05, 3.63) is 48.2 Å². The number of nitrogens with zero attached hydrogens (tertiary/aromatic N) is 5. The number of hydrogen-bond acceptors (Lipinski definition) is 7. The molecule has 0 aliphatic heterocycles. The molecule has 0 saturated heterocycles. The Bertz CT molecular complexity index is 1190. The molecule has 0 aliphatic rings. The zero-order chi connectivity index (χ0) is 17.6. The molecule has 4 rings (SSSR count). The molecule has 126 valence electrons. The van der Waals surface area contributed by atoms with E-state index in [0.717, 1.165) is 28.6 Å². The maximum absolute atomic E-state index is 12.2. The van der Waals surface area contributed by atoms with Gasteiger partial charge in [0.05, 0.1) is 11.4 Å². The van der Waals surface area contributed by atoms with Gasteiger partial charge in [0.1, 0.15) is 4.88 Å². The van der Waals surface area contributed by atoms with Crippen LogP contribution in [0.4, 0.5) is 0 Å². The average Bonchev–Trinajstić information content (AvgIpc) is 3.19. The number of aryl methyl sites for hydroxylation is 1. The lowest BCUT2D eigenvalue weighted by molar-refractivity contribution is 0.589. The molecule has 2 aromatic heterocycles. The fourth-order valence-electron chi connectivity index (χ4n) is 2.64. The van der Waals surface area contributed by atoms with Gasteiger partial charge >= 0.3 is 0 Å². The van der Waals surface area contributed by atoms with Crippen molar-refractivity contribution in [3.8, 4) is 16.4 Å². The van der Waals surface area contributed by atoms with Gasteiger partial charge in [0.15, 0.2) is 5.82 Å². The first-order valence-electron chi connectivity index (χ1n) is 7.39. The van der Waals surface area contributed by atoms with Crippen molar-refractivity contribution in [3.63, 3.8) is 0 Å². The summed E-state index contributed by atoms with van der Waals surface area (Å²) in [6.45, 7) is 1.80. The summed E-state index contributed by atoms with van der Waals surface area (Å²) in [7, 11) is -3.56. The van der Waals surface area contributed by atoms with E-state index >= 15 is 0 Å². The third kappa shape index (κ3) is 2.71. The van der Waals surface area contributed by atoms with Crippen LogP contribution in [-0.2, 0) is 9.84 Å². The quantitative estimate of drug-likeness (QED) is 0.550. The van der Waals surface area contributed by atoms with Crippen LogP contribution < -0.4 is 0 Å². The Labute approximate surface area is 148 Å². The van der Waals surface area contributed by atoms with Crippen LogP contribution in [-0.4, -0.2) is 39.0 Å². The number of fused-ring (bicyclic) bond motifs is 1. The number of benzene rings is 2. The summed E-state index contributed by atoms with van der Waals surface area (Å²) in [4.78, 5) is 0.690. The van der Waals surface area contributed by atoms with Crippen molar-refractivity contribution >= 4 is 32.1 Å². The molecule has 25 heavy (non-hydrogen) atoms. The molecule has 0 atom stereocenters. The molecule has 2 heterocycles. The highest BCUT2D eigenvalue weighted by atomic mass is 32.2. The standard InChI is InChI=1S/C16H13N5O2S2/c1-10-14(24-20-17-10)15-18-19-16(25(2,22)23)21(15)13-8-7-11-5-3-4-6-12(11)9-13/h3-9H,1-2H3. The Morgan fingerprint density at radius 1 is 1.00 bits per heavy atom. The summed E-state index contributed by atoms with van der Waals surface area (Å²) in [6, 6.07) is 13.6. The molecule has 0 spiro atoms. The second-order valence-electron chi connectivity index (χ2n) is 5.63. The van der Waals surface area contributed by atoms with E-state index in [1.807, 2.05) is 42.5 Å². The first kappa shape index (κ1) is 15.9. The number of hydrogen-bond donors (Lipinski definition) is 0. The third-order valence-electron chi connectivity index (χ3n) is 3.81. The SMILES string of the molecule is Cc1nnsc1-c1nnc(S(C)(=O)=O)n1-c1ccc2ccccc2c1. The van der Waals surface area contributed by atoms with Gasteiger partial charge in [0.2, 0.25) is 9.84 Å². The molecule has 0 amide bonds. The van der Waals surface area contributed by atoms with Crippen LogP contribution in [0, 0.1) is 6.92 Å². The minimum Gasteiger partial charge on any atom is -0.265 e. The second kappa shape index (κ2) is 5.71. The Morgan fingerprint density at radius 3 is 2.44 bits per heavy atom. The molecule has 0 unspecified atom stereocenters. The molecule has 2 aromatic carbocycles. The van der Waals surface area contributed by atoms with Gasteiger partial charge in [-0.1, -0.05) is 34.8 Å². The average molecular weight is 371 g/mol. The fraction of sp³-hybridized carbons (Fsp3) is 0.125. The van der Waals surface area contributed by atoms with Gasteiger partial charge in [-0.2, -0.15) is 0 Å². The van der Waals surface area contributed by atoms with Crippen LogP contribution in [0.3, 0.4) is 0 Å². The lowest BCUT2D eigenvalue weighted by atomic mass is 10.1. The van der Waals surface area contributed by atoms with Crippen LogP contribution in [0.25, 0.3) is 27.2 Å². The Morgan fingerprint density at radius 2 is 1.76 bits per heavy atom. The molecule has 0 saturated carbocycles. The monoisotopic (exact) mass is 371 g/mol. The molecule has 0 fully saturated rings. The molecular weight excluding hydrogens is 358 g/mol. The van der Waals surface area contributed by atoms with E-state index in [9.17, 15) is 8.42 Å². The van der Waals surface area contributed by atoms with Crippen LogP contribution in [0.2, 0.25) is 0 Å². The van der Waals surface area contributed by atoms with E-state index in [0.29, 0.717) is 22.1 Å². The topological polar surface area (TPSA) is 90.6 Å². The van der Waals surface area contributed by atoms with E-state index in [1.165, 1.54) is 0 Å². The second-order valence-corrected chi connectivity index (χ2v) is 8.30. The zero-order valence-electron chi connectivity index (χ0n) is 13.4. The van der Waals surface area contributed by atoms with Crippen molar-refractivity contribution in [2.24, 2.45) is 0 Å². The summed E-state index contributed by atoms with van der Waals surface area (Å²) in [6.07, 6.45) is 1.12. The van der Waals surface area contributed by atoms with Crippen molar-refractivity contribution in [1.82, 2.24) is 24.4 Å². The molecule has 0 radical (unpaired) electrons. The van der Waals surface area contributed by atoms with Crippen LogP contribution in [0.15, 0.2) is 47.6 Å².